The molecule has 0 aromatic heterocycles. The zero-order chi connectivity index (χ0) is 17.5. The van der Waals surface area contributed by atoms with Crippen LogP contribution in [0.4, 0.5) is 0 Å². The van der Waals surface area contributed by atoms with Gasteiger partial charge >= 0.3 is 0 Å². The first-order chi connectivity index (χ1) is 12.2. The molecule has 6 heteroatoms. The molecule has 1 unspecified atom stereocenters. The molecule has 0 aromatic rings. The fourth-order valence-corrected chi connectivity index (χ4v) is 5.22. The van der Waals surface area contributed by atoms with Crippen molar-refractivity contribution in [2.75, 3.05) is 39.4 Å². The molecule has 1 saturated carbocycles. The van der Waals surface area contributed by atoms with E-state index in [1.165, 1.54) is 38.5 Å². The molecule has 2 heterocycles. The largest absolute Gasteiger partial charge is 0.379 e. The summed E-state index contributed by atoms with van der Waals surface area (Å²) in [6, 6.07) is 0. The van der Waals surface area contributed by atoms with E-state index >= 15 is 0 Å². The van der Waals surface area contributed by atoms with Crippen molar-refractivity contribution in [2.24, 2.45) is 10.9 Å². The Bertz CT molecular complexity index is 471. The first-order valence-corrected chi connectivity index (χ1v) is 10.8. The summed E-state index contributed by atoms with van der Waals surface area (Å²) in [6.45, 7) is 7.67. The van der Waals surface area contributed by atoms with Crippen LogP contribution in [-0.4, -0.2) is 60.1 Å². The van der Waals surface area contributed by atoms with Gasteiger partial charge in [-0.25, -0.2) is 4.99 Å². The molecular weight excluding hydrogens is 334 g/mol. The van der Waals surface area contributed by atoms with Crippen LogP contribution in [0.2, 0.25) is 0 Å². The average molecular weight is 368 g/mol. The van der Waals surface area contributed by atoms with Crippen LogP contribution in [0.25, 0.3) is 0 Å². The standard InChI is InChI=1S/C19H33N3O2S/c1-19(20-9-6-10-22-11-13-24-14-12-22)18(23)21-17(25-19)15-16-7-4-2-3-5-8-16/h16,20H,2-15H2,1H3. The minimum Gasteiger partial charge on any atom is -0.379 e. The third-order valence-electron chi connectivity index (χ3n) is 5.61. The Morgan fingerprint density at radius 2 is 1.96 bits per heavy atom. The molecule has 0 aromatic carbocycles. The van der Waals surface area contributed by atoms with Crippen LogP contribution in [0.3, 0.4) is 0 Å². The molecule has 25 heavy (non-hydrogen) atoms. The molecule has 1 N–H and O–H groups in total. The number of amides is 1. The Balaban J connectivity index is 1.39. The van der Waals surface area contributed by atoms with Crippen molar-refractivity contribution < 1.29 is 9.53 Å². The number of ether oxygens (including phenoxy) is 1. The highest BCUT2D eigenvalue weighted by Crippen LogP contribution is 2.36. The fraction of sp³-hybridized carbons (Fsp3) is 0.895. The Hall–Kier alpha value is -0.430. The van der Waals surface area contributed by atoms with Crippen molar-refractivity contribution in [3.63, 3.8) is 0 Å². The molecule has 0 bridgehead atoms. The van der Waals surface area contributed by atoms with E-state index in [9.17, 15) is 4.79 Å². The van der Waals surface area contributed by atoms with Crippen molar-refractivity contribution in [3.05, 3.63) is 0 Å². The van der Waals surface area contributed by atoms with Gasteiger partial charge in [-0.05, 0) is 38.8 Å². The van der Waals surface area contributed by atoms with Gasteiger partial charge in [0.2, 0.25) is 0 Å². The lowest BCUT2D eigenvalue weighted by atomic mass is 9.97. The first-order valence-electron chi connectivity index (χ1n) is 10.0. The van der Waals surface area contributed by atoms with E-state index in [0.29, 0.717) is 0 Å². The second kappa shape index (κ2) is 9.49. The van der Waals surface area contributed by atoms with Crippen LogP contribution in [0.1, 0.15) is 58.3 Å². The van der Waals surface area contributed by atoms with Crippen molar-refractivity contribution in [2.45, 2.75) is 63.2 Å². The van der Waals surface area contributed by atoms with Crippen LogP contribution in [0.15, 0.2) is 4.99 Å². The molecule has 0 spiro atoms. The van der Waals surface area contributed by atoms with E-state index in [1.54, 1.807) is 11.8 Å². The summed E-state index contributed by atoms with van der Waals surface area (Å²) in [5.74, 6) is 0.734. The van der Waals surface area contributed by atoms with Gasteiger partial charge in [-0.2, -0.15) is 0 Å². The molecule has 1 amide bonds. The number of aliphatic imine (C=N–C) groups is 1. The fourth-order valence-electron chi connectivity index (χ4n) is 3.99. The number of rotatable bonds is 7. The van der Waals surface area contributed by atoms with E-state index in [0.717, 1.165) is 63.2 Å². The number of carbonyl (C=O) groups excluding carboxylic acids is 1. The maximum Gasteiger partial charge on any atom is 0.277 e. The summed E-state index contributed by atoms with van der Waals surface area (Å²) in [7, 11) is 0. The van der Waals surface area contributed by atoms with Crippen LogP contribution >= 0.6 is 11.8 Å². The molecule has 0 radical (unpaired) electrons. The highest BCUT2D eigenvalue weighted by molar-refractivity contribution is 8.16. The highest BCUT2D eigenvalue weighted by atomic mass is 32.2. The summed E-state index contributed by atoms with van der Waals surface area (Å²) < 4.78 is 5.38. The van der Waals surface area contributed by atoms with E-state index in [1.807, 2.05) is 6.92 Å². The molecule has 2 fully saturated rings. The summed E-state index contributed by atoms with van der Waals surface area (Å²) in [5, 5.41) is 4.52. The number of morpholine rings is 1. The Morgan fingerprint density at radius 1 is 1.24 bits per heavy atom. The lowest BCUT2D eigenvalue weighted by Gasteiger charge is -2.27. The van der Waals surface area contributed by atoms with E-state index < -0.39 is 4.87 Å². The molecule has 1 atom stereocenters. The SMILES string of the molecule is CC1(NCCCN2CCOCC2)SC(CC2CCCCCC2)=NC1=O. The number of nitrogens with one attached hydrogen (secondary N) is 1. The summed E-state index contributed by atoms with van der Waals surface area (Å²) in [5.41, 5.74) is 0. The van der Waals surface area contributed by atoms with Gasteiger partial charge < -0.3 is 4.74 Å². The summed E-state index contributed by atoms with van der Waals surface area (Å²) in [6.07, 6.45) is 10.1. The third-order valence-corrected chi connectivity index (χ3v) is 6.83. The molecule has 2 aliphatic heterocycles. The van der Waals surface area contributed by atoms with Gasteiger partial charge in [-0.1, -0.05) is 50.3 Å². The molecule has 3 rings (SSSR count). The second-order valence-electron chi connectivity index (χ2n) is 7.74. The smallest absolute Gasteiger partial charge is 0.277 e. The monoisotopic (exact) mass is 367 g/mol. The van der Waals surface area contributed by atoms with Gasteiger partial charge in [0, 0.05) is 13.1 Å². The second-order valence-corrected chi connectivity index (χ2v) is 9.23. The molecule has 3 aliphatic rings. The molecule has 142 valence electrons. The number of carbonyl (C=O) groups is 1. The lowest BCUT2D eigenvalue weighted by Crippen LogP contribution is -2.45. The van der Waals surface area contributed by atoms with Crippen LogP contribution < -0.4 is 5.32 Å². The topological polar surface area (TPSA) is 53.9 Å². The maximum atomic E-state index is 12.4. The Morgan fingerprint density at radius 3 is 2.68 bits per heavy atom. The number of hydrogen-bond acceptors (Lipinski definition) is 5. The molecule has 5 nitrogen and oxygen atoms in total. The highest BCUT2D eigenvalue weighted by Gasteiger charge is 2.40. The Labute approximate surface area is 156 Å². The zero-order valence-corrected chi connectivity index (χ0v) is 16.4. The maximum absolute atomic E-state index is 12.4. The van der Waals surface area contributed by atoms with Gasteiger partial charge in [0.25, 0.3) is 5.91 Å². The molecular formula is C19H33N3O2S. The van der Waals surface area contributed by atoms with Gasteiger partial charge in [0.05, 0.1) is 18.3 Å². The predicted octanol–water partition coefficient (Wildman–Crippen LogP) is 3.05. The number of hydrogen-bond donors (Lipinski definition) is 1. The van der Waals surface area contributed by atoms with Crippen molar-refractivity contribution in [3.8, 4) is 0 Å². The van der Waals surface area contributed by atoms with Gasteiger partial charge in [-0.15, -0.1) is 0 Å². The van der Waals surface area contributed by atoms with E-state index in [2.05, 4.69) is 15.2 Å². The predicted molar refractivity (Wildman–Crippen MR) is 104 cm³/mol. The van der Waals surface area contributed by atoms with Gasteiger partial charge in [0.15, 0.2) is 0 Å². The summed E-state index contributed by atoms with van der Waals surface area (Å²) >= 11 is 1.66. The van der Waals surface area contributed by atoms with Crippen LogP contribution in [0, 0.1) is 5.92 Å². The molecule has 1 aliphatic carbocycles. The average Bonchev–Trinajstić information content (AvgIpc) is 2.79. The van der Waals surface area contributed by atoms with Crippen molar-refractivity contribution >= 4 is 22.7 Å². The normalized spacial score (nSPS) is 29.6. The van der Waals surface area contributed by atoms with Crippen molar-refractivity contribution in [1.82, 2.24) is 10.2 Å². The van der Waals surface area contributed by atoms with E-state index in [-0.39, 0.29) is 5.91 Å². The quantitative estimate of drug-likeness (QED) is 0.554. The Kier molecular flexibility index (Phi) is 7.34. The number of thioether (sulfide) groups is 1. The van der Waals surface area contributed by atoms with Crippen LogP contribution in [0.5, 0.6) is 0 Å². The third kappa shape index (κ3) is 5.78. The van der Waals surface area contributed by atoms with Crippen molar-refractivity contribution in [1.29, 1.82) is 0 Å². The first kappa shape index (κ1) is 19.3. The van der Waals surface area contributed by atoms with Gasteiger partial charge in [0.1, 0.15) is 4.87 Å². The minimum atomic E-state index is -0.551. The zero-order valence-electron chi connectivity index (χ0n) is 15.6. The van der Waals surface area contributed by atoms with Gasteiger partial charge in [-0.3, -0.25) is 15.0 Å². The minimum absolute atomic E-state index is 0.00694. The van der Waals surface area contributed by atoms with E-state index in [4.69, 9.17) is 4.74 Å². The van der Waals surface area contributed by atoms with Crippen LogP contribution in [-0.2, 0) is 9.53 Å². The summed E-state index contributed by atoms with van der Waals surface area (Å²) in [4.78, 5) is 18.7. The number of nitrogens with zero attached hydrogens (tertiary/aromatic N) is 2. The lowest BCUT2D eigenvalue weighted by molar-refractivity contribution is -0.120. The molecule has 1 saturated heterocycles.